The Labute approximate surface area is 111 Å². The van der Waals surface area contributed by atoms with Crippen LogP contribution in [0.2, 0.25) is 0 Å². The fourth-order valence-electron chi connectivity index (χ4n) is 2.10. The topological polar surface area (TPSA) is 47.3 Å². The van der Waals surface area contributed by atoms with Crippen LogP contribution in [0.25, 0.3) is 0 Å². The van der Waals surface area contributed by atoms with Crippen LogP contribution in [0.4, 0.5) is 0 Å². The fourth-order valence-corrected chi connectivity index (χ4v) is 2.99. The molecule has 0 spiro atoms. The molecular weight excluding hydrogens is 246 g/mol. The number of carbonyl (C=O) groups is 1. The Morgan fingerprint density at radius 3 is 3.28 bits per heavy atom. The van der Waals surface area contributed by atoms with Crippen LogP contribution in [0.1, 0.15) is 16.9 Å². The van der Waals surface area contributed by atoms with Gasteiger partial charge >= 0.3 is 0 Å². The second-order valence-electron chi connectivity index (χ2n) is 4.55. The van der Waals surface area contributed by atoms with Crippen molar-refractivity contribution in [3.05, 3.63) is 21.9 Å². The molecule has 5 heteroatoms. The molecule has 1 aromatic rings. The van der Waals surface area contributed by atoms with Crippen LogP contribution >= 0.6 is 11.3 Å². The standard InChI is InChI=1S/C13H17N3OS/c1-15(6-2-5-14)13(17)10-16-7-3-12-11(9-16)4-8-18-12/h4,8H,2-3,6-7,9-10H2,1H3. The van der Waals surface area contributed by atoms with E-state index in [1.165, 1.54) is 10.4 Å². The van der Waals surface area contributed by atoms with Gasteiger partial charge in [-0.1, -0.05) is 0 Å². The van der Waals surface area contributed by atoms with E-state index >= 15 is 0 Å². The molecule has 1 aliphatic heterocycles. The largest absolute Gasteiger partial charge is 0.344 e. The number of fused-ring (bicyclic) bond motifs is 1. The maximum atomic E-state index is 11.9. The molecule has 2 rings (SSSR count). The van der Waals surface area contributed by atoms with Crippen molar-refractivity contribution in [1.82, 2.24) is 9.80 Å². The van der Waals surface area contributed by atoms with Gasteiger partial charge in [0.05, 0.1) is 19.0 Å². The van der Waals surface area contributed by atoms with E-state index < -0.39 is 0 Å². The predicted molar refractivity (Wildman–Crippen MR) is 71.2 cm³/mol. The molecule has 0 aliphatic carbocycles. The van der Waals surface area contributed by atoms with Gasteiger partial charge in [-0.3, -0.25) is 9.69 Å². The van der Waals surface area contributed by atoms with E-state index in [1.807, 2.05) is 0 Å². The van der Waals surface area contributed by atoms with Crippen LogP contribution in [0.5, 0.6) is 0 Å². The van der Waals surface area contributed by atoms with Gasteiger partial charge in [0.15, 0.2) is 0 Å². The maximum Gasteiger partial charge on any atom is 0.236 e. The SMILES string of the molecule is CN(CCC#N)C(=O)CN1CCc2sccc2C1. The lowest BCUT2D eigenvalue weighted by molar-refractivity contribution is -0.131. The quantitative estimate of drug-likeness (QED) is 0.826. The van der Waals surface area contributed by atoms with Crippen molar-refractivity contribution in [1.29, 1.82) is 5.26 Å². The summed E-state index contributed by atoms with van der Waals surface area (Å²) in [5, 5.41) is 10.6. The molecule has 4 nitrogen and oxygen atoms in total. The lowest BCUT2D eigenvalue weighted by Crippen LogP contribution is -2.40. The molecule has 0 saturated carbocycles. The van der Waals surface area contributed by atoms with E-state index in [4.69, 9.17) is 5.26 Å². The van der Waals surface area contributed by atoms with E-state index in [0.717, 1.165) is 19.5 Å². The zero-order valence-electron chi connectivity index (χ0n) is 10.6. The van der Waals surface area contributed by atoms with Crippen LogP contribution in [0.15, 0.2) is 11.4 Å². The number of nitriles is 1. The Bertz CT molecular complexity index is 463. The van der Waals surface area contributed by atoms with Gasteiger partial charge in [0, 0.05) is 31.6 Å². The number of amides is 1. The molecule has 0 unspecified atom stereocenters. The van der Waals surface area contributed by atoms with Gasteiger partial charge in [-0.05, 0) is 23.4 Å². The van der Waals surface area contributed by atoms with Crippen molar-refractivity contribution in [3.8, 4) is 6.07 Å². The number of likely N-dealkylation sites (N-methyl/N-ethyl adjacent to an activating group) is 1. The van der Waals surface area contributed by atoms with Crippen molar-refractivity contribution in [3.63, 3.8) is 0 Å². The third kappa shape index (κ3) is 3.09. The maximum absolute atomic E-state index is 11.9. The number of hydrogen-bond acceptors (Lipinski definition) is 4. The molecule has 0 radical (unpaired) electrons. The Kier molecular flexibility index (Phi) is 4.34. The van der Waals surface area contributed by atoms with Crippen molar-refractivity contribution in [2.75, 3.05) is 26.7 Å². The molecule has 0 fully saturated rings. The minimum absolute atomic E-state index is 0.101. The second kappa shape index (κ2) is 5.98. The number of rotatable bonds is 4. The Balaban J connectivity index is 1.84. The highest BCUT2D eigenvalue weighted by atomic mass is 32.1. The Morgan fingerprint density at radius 2 is 2.50 bits per heavy atom. The average Bonchev–Trinajstić information content (AvgIpc) is 2.83. The molecular formula is C13H17N3OS. The molecule has 0 aromatic carbocycles. The number of carbonyl (C=O) groups excluding carboxylic acids is 1. The molecule has 0 saturated heterocycles. The van der Waals surface area contributed by atoms with Crippen molar-refractivity contribution in [2.45, 2.75) is 19.4 Å². The highest BCUT2D eigenvalue weighted by Gasteiger charge is 2.20. The number of nitrogens with zero attached hydrogens (tertiary/aromatic N) is 3. The number of thiophene rings is 1. The van der Waals surface area contributed by atoms with Gasteiger partial charge in [-0.15, -0.1) is 11.3 Å². The number of hydrogen-bond donors (Lipinski definition) is 0. The summed E-state index contributed by atoms with van der Waals surface area (Å²) in [5.41, 5.74) is 1.36. The van der Waals surface area contributed by atoms with E-state index in [-0.39, 0.29) is 5.91 Å². The van der Waals surface area contributed by atoms with Crippen LogP contribution in [0, 0.1) is 11.3 Å². The summed E-state index contributed by atoms with van der Waals surface area (Å²) >= 11 is 1.81. The van der Waals surface area contributed by atoms with Crippen molar-refractivity contribution < 1.29 is 4.79 Å². The highest BCUT2D eigenvalue weighted by molar-refractivity contribution is 7.10. The van der Waals surface area contributed by atoms with Gasteiger partial charge in [-0.2, -0.15) is 5.26 Å². The summed E-state index contributed by atoms with van der Waals surface area (Å²) in [4.78, 5) is 17.2. The van der Waals surface area contributed by atoms with Crippen LogP contribution in [-0.2, 0) is 17.8 Å². The molecule has 0 bridgehead atoms. The highest BCUT2D eigenvalue weighted by Crippen LogP contribution is 2.23. The lowest BCUT2D eigenvalue weighted by atomic mass is 10.1. The van der Waals surface area contributed by atoms with E-state index in [9.17, 15) is 4.79 Å². The predicted octanol–water partition coefficient (Wildman–Crippen LogP) is 1.48. The summed E-state index contributed by atoms with van der Waals surface area (Å²) in [5.74, 6) is 0.101. The van der Waals surface area contributed by atoms with Crippen LogP contribution in [-0.4, -0.2) is 42.4 Å². The molecule has 2 heterocycles. The third-order valence-corrected chi connectivity index (χ3v) is 4.25. The molecule has 18 heavy (non-hydrogen) atoms. The smallest absolute Gasteiger partial charge is 0.236 e. The van der Waals surface area contributed by atoms with E-state index in [2.05, 4.69) is 22.4 Å². The summed E-state index contributed by atoms with van der Waals surface area (Å²) in [6.45, 7) is 2.80. The Hall–Kier alpha value is -1.38. The monoisotopic (exact) mass is 263 g/mol. The third-order valence-electron chi connectivity index (χ3n) is 3.23. The average molecular weight is 263 g/mol. The van der Waals surface area contributed by atoms with Gasteiger partial charge in [0.2, 0.25) is 5.91 Å². The molecule has 1 aliphatic rings. The summed E-state index contributed by atoms with van der Waals surface area (Å²) in [6.07, 6.45) is 1.44. The van der Waals surface area contributed by atoms with Gasteiger partial charge < -0.3 is 4.90 Å². The normalized spacial score (nSPS) is 14.9. The van der Waals surface area contributed by atoms with E-state index in [1.54, 1.807) is 23.3 Å². The van der Waals surface area contributed by atoms with Gasteiger partial charge in [-0.25, -0.2) is 0 Å². The van der Waals surface area contributed by atoms with Gasteiger partial charge in [0.25, 0.3) is 0 Å². The first-order valence-corrected chi connectivity index (χ1v) is 6.97. The molecule has 1 amide bonds. The van der Waals surface area contributed by atoms with E-state index in [0.29, 0.717) is 19.5 Å². The minimum atomic E-state index is 0.101. The molecule has 0 N–H and O–H groups in total. The van der Waals surface area contributed by atoms with Crippen molar-refractivity contribution in [2.24, 2.45) is 0 Å². The first kappa shape index (κ1) is 13.1. The molecule has 1 aromatic heterocycles. The summed E-state index contributed by atoms with van der Waals surface area (Å²) < 4.78 is 0. The second-order valence-corrected chi connectivity index (χ2v) is 5.55. The van der Waals surface area contributed by atoms with Crippen molar-refractivity contribution >= 4 is 17.2 Å². The first-order valence-electron chi connectivity index (χ1n) is 6.09. The van der Waals surface area contributed by atoms with Crippen LogP contribution in [0.3, 0.4) is 0 Å². The van der Waals surface area contributed by atoms with Gasteiger partial charge in [0.1, 0.15) is 0 Å². The Morgan fingerprint density at radius 1 is 1.67 bits per heavy atom. The molecule has 0 atom stereocenters. The fraction of sp³-hybridized carbons (Fsp3) is 0.538. The minimum Gasteiger partial charge on any atom is -0.344 e. The first-order chi connectivity index (χ1) is 8.70. The summed E-state index contributed by atoms with van der Waals surface area (Å²) in [6, 6.07) is 4.21. The van der Waals surface area contributed by atoms with Crippen LogP contribution < -0.4 is 0 Å². The zero-order valence-corrected chi connectivity index (χ0v) is 11.4. The summed E-state index contributed by atoms with van der Waals surface area (Å²) in [7, 11) is 1.76. The zero-order chi connectivity index (χ0) is 13.0. The lowest BCUT2D eigenvalue weighted by Gasteiger charge is -2.28. The molecule has 96 valence electrons.